The molecule has 0 aromatic rings. The first-order valence-electron chi connectivity index (χ1n) is 3.27. The highest BCUT2D eigenvalue weighted by atomic mass is 16.4. The Bertz CT molecular complexity index is 192. The molecule has 0 heterocycles. The summed E-state index contributed by atoms with van der Waals surface area (Å²) in [5, 5.41) is 16.2. The Morgan fingerprint density at radius 2 is 1.91 bits per heavy atom. The molecule has 0 bridgehead atoms. The van der Waals surface area contributed by atoms with Gasteiger partial charge in [0.2, 0.25) is 0 Å². The van der Waals surface area contributed by atoms with E-state index in [1.54, 1.807) is 0 Å². The Morgan fingerprint density at radius 1 is 1.27 bits per heavy atom. The van der Waals surface area contributed by atoms with Crippen LogP contribution in [0.2, 0.25) is 0 Å². The molecule has 0 spiro atoms. The number of ketones is 1. The zero-order chi connectivity index (χ0) is 8.69. The minimum Gasteiger partial charge on any atom is -0.481 e. The van der Waals surface area contributed by atoms with Crippen LogP contribution < -0.4 is 0 Å². The number of nitrogens with zero attached hydrogens (tertiary/aromatic N) is 1. The van der Waals surface area contributed by atoms with Gasteiger partial charge >= 0.3 is 5.97 Å². The van der Waals surface area contributed by atoms with E-state index in [-0.39, 0.29) is 31.5 Å². The van der Waals surface area contributed by atoms with Crippen LogP contribution in [0.3, 0.4) is 0 Å². The second-order valence-electron chi connectivity index (χ2n) is 2.09. The summed E-state index contributed by atoms with van der Waals surface area (Å²) < 4.78 is 0. The van der Waals surface area contributed by atoms with Crippen molar-refractivity contribution in [1.29, 1.82) is 5.26 Å². The molecule has 0 aromatic carbocycles. The van der Waals surface area contributed by atoms with E-state index in [0.29, 0.717) is 0 Å². The summed E-state index contributed by atoms with van der Waals surface area (Å²) in [5.74, 6) is -1.13. The van der Waals surface area contributed by atoms with Gasteiger partial charge in [-0.15, -0.1) is 0 Å². The fraction of sp³-hybridized carbons (Fsp3) is 0.571. The first-order valence-corrected chi connectivity index (χ1v) is 3.27. The molecule has 0 aromatic heterocycles. The summed E-state index contributed by atoms with van der Waals surface area (Å²) in [6.07, 6.45) is 0.253. The van der Waals surface area contributed by atoms with Crippen molar-refractivity contribution in [2.45, 2.75) is 25.7 Å². The Kier molecular flexibility index (Phi) is 4.74. The van der Waals surface area contributed by atoms with E-state index in [1.165, 1.54) is 0 Å². The number of carboxylic acid groups (broad SMARTS) is 1. The van der Waals surface area contributed by atoms with Crippen molar-refractivity contribution >= 4 is 11.8 Å². The second kappa shape index (κ2) is 5.42. The normalized spacial score (nSPS) is 8.64. The molecule has 0 rings (SSSR count). The van der Waals surface area contributed by atoms with Crippen LogP contribution in [-0.2, 0) is 9.59 Å². The minimum atomic E-state index is -0.977. The molecule has 60 valence electrons. The van der Waals surface area contributed by atoms with E-state index in [4.69, 9.17) is 10.4 Å². The van der Waals surface area contributed by atoms with Crippen LogP contribution in [0, 0.1) is 11.3 Å². The molecule has 0 atom stereocenters. The van der Waals surface area contributed by atoms with Crippen molar-refractivity contribution in [2.75, 3.05) is 0 Å². The molecule has 0 aliphatic heterocycles. The number of carbonyl (C=O) groups is 2. The predicted octanol–water partition coefficient (Wildman–Crippen LogP) is 0.724. The monoisotopic (exact) mass is 155 g/mol. The van der Waals surface area contributed by atoms with Gasteiger partial charge in [-0.1, -0.05) is 0 Å². The zero-order valence-electron chi connectivity index (χ0n) is 6.04. The third kappa shape index (κ3) is 6.52. The van der Waals surface area contributed by atoms with Crippen molar-refractivity contribution < 1.29 is 14.7 Å². The van der Waals surface area contributed by atoms with E-state index in [0.717, 1.165) is 0 Å². The lowest BCUT2D eigenvalue weighted by Crippen LogP contribution is -2.02. The summed E-state index contributed by atoms with van der Waals surface area (Å²) >= 11 is 0. The van der Waals surface area contributed by atoms with E-state index in [9.17, 15) is 9.59 Å². The number of aliphatic carboxylic acids is 1. The lowest BCUT2D eigenvalue weighted by Gasteiger charge is -1.92. The molecule has 4 heteroatoms. The van der Waals surface area contributed by atoms with Gasteiger partial charge in [-0.2, -0.15) is 5.26 Å². The predicted molar refractivity (Wildman–Crippen MR) is 36.7 cm³/mol. The lowest BCUT2D eigenvalue weighted by molar-refractivity contribution is -0.138. The fourth-order valence-corrected chi connectivity index (χ4v) is 0.567. The first kappa shape index (κ1) is 9.63. The first-order chi connectivity index (χ1) is 5.16. The molecular weight excluding hydrogens is 146 g/mol. The molecule has 0 unspecified atom stereocenters. The number of hydrogen-bond acceptors (Lipinski definition) is 3. The van der Waals surface area contributed by atoms with Crippen molar-refractivity contribution in [3.05, 3.63) is 0 Å². The topological polar surface area (TPSA) is 78.2 Å². The molecule has 0 amide bonds. The Hall–Kier alpha value is -1.37. The third-order valence-corrected chi connectivity index (χ3v) is 1.13. The quantitative estimate of drug-likeness (QED) is 0.634. The van der Waals surface area contributed by atoms with Crippen molar-refractivity contribution in [2.24, 2.45) is 0 Å². The number of carboxylic acids is 1. The van der Waals surface area contributed by atoms with E-state index < -0.39 is 5.97 Å². The highest BCUT2D eigenvalue weighted by molar-refractivity contribution is 5.82. The summed E-state index contributed by atoms with van der Waals surface area (Å²) in [7, 11) is 0. The minimum absolute atomic E-state index is 0.0387. The van der Waals surface area contributed by atoms with Gasteiger partial charge in [-0.3, -0.25) is 9.59 Å². The molecular formula is C7H9NO3. The highest BCUT2D eigenvalue weighted by Crippen LogP contribution is 1.97. The van der Waals surface area contributed by atoms with Gasteiger partial charge in [0.05, 0.1) is 12.5 Å². The lowest BCUT2D eigenvalue weighted by atomic mass is 10.1. The molecule has 0 fully saturated rings. The SMILES string of the molecule is N#CCCC(=O)CCC(=O)O. The summed E-state index contributed by atoms with van der Waals surface area (Å²) in [4.78, 5) is 20.7. The Morgan fingerprint density at radius 3 is 2.36 bits per heavy atom. The molecule has 0 radical (unpaired) electrons. The maximum atomic E-state index is 10.7. The number of hydrogen-bond donors (Lipinski definition) is 1. The van der Waals surface area contributed by atoms with Crippen LogP contribution in [0.5, 0.6) is 0 Å². The fourth-order valence-electron chi connectivity index (χ4n) is 0.567. The van der Waals surface area contributed by atoms with Gasteiger partial charge in [-0.05, 0) is 0 Å². The molecule has 0 aliphatic carbocycles. The molecule has 0 aliphatic rings. The van der Waals surface area contributed by atoms with E-state index in [1.807, 2.05) is 6.07 Å². The maximum Gasteiger partial charge on any atom is 0.303 e. The molecule has 0 saturated heterocycles. The van der Waals surface area contributed by atoms with Gasteiger partial charge in [0, 0.05) is 19.3 Å². The van der Waals surface area contributed by atoms with Gasteiger partial charge in [-0.25, -0.2) is 0 Å². The zero-order valence-corrected chi connectivity index (χ0v) is 6.04. The van der Waals surface area contributed by atoms with Crippen LogP contribution in [0.1, 0.15) is 25.7 Å². The van der Waals surface area contributed by atoms with Crippen molar-refractivity contribution in [1.82, 2.24) is 0 Å². The van der Waals surface area contributed by atoms with Gasteiger partial charge in [0.15, 0.2) is 0 Å². The van der Waals surface area contributed by atoms with Gasteiger partial charge < -0.3 is 5.11 Å². The average Bonchev–Trinajstić information content (AvgIpc) is 1.97. The molecule has 1 N–H and O–H groups in total. The van der Waals surface area contributed by atoms with E-state index in [2.05, 4.69) is 0 Å². The van der Waals surface area contributed by atoms with Crippen LogP contribution in [0.25, 0.3) is 0 Å². The number of Topliss-reactive ketones (excluding diaryl/α,β-unsaturated/α-hetero) is 1. The molecule has 11 heavy (non-hydrogen) atoms. The average molecular weight is 155 g/mol. The summed E-state index contributed by atoms with van der Waals surface area (Å²) in [5.41, 5.74) is 0. The second-order valence-corrected chi connectivity index (χ2v) is 2.09. The third-order valence-electron chi connectivity index (χ3n) is 1.13. The van der Waals surface area contributed by atoms with Crippen LogP contribution in [-0.4, -0.2) is 16.9 Å². The van der Waals surface area contributed by atoms with Crippen LogP contribution in [0.15, 0.2) is 0 Å². The van der Waals surface area contributed by atoms with Gasteiger partial charge in [0.1, 0.15) is 5.78 Å². The standard InChI is InChI=1S/C7H9NO3/c8-5-1-2-6(9)3-4-7(10)11/h1-4H2,(H,10,11). The van der Waals surface area contributed by atoms with Crippen molar-refractivity contribution in [3.8, 4) is 6.07 Å². The number of nitriles is 1. The Balaban J connectivity index is 3.39. The molecule has 4 nitrogen and oxygen atoms in total. The van der Waals surface area contributed by atoms with Crippen LogP contribution in [0.4, 0.5) is 0 Å². The van der Waals surface area contributed by atoms with Crippen LogP contribution >= 0.6 is 0 Å². The highest BCUT2D eigenvalue weighted by Gasteiger charge is 2.04. The Labute approximate surface area is 64.4 Å². The molecule has 0 saturated carbocycles. The number of carbonyl (C=O) groups excluding carboxylic acids is 1. The summed E-state index contributed by atoms with van der Waals surface area (Å²) in [6.45, 7) is 0. The smallest absolute Gasteiger partial charge is 0.303 e. The van der Waals surface area contributed by atoms with Gasteiger partial charge in [0.25, 0.3) is 0 Å². The van der Waals surface area contributed by atoms with E-state index >= 15 is 0 Å². The summed E-state index contributed by atoms with van der Waals surface area (Å²) in [6, 6.07) is 1.82. The number of rotatable bonds is 5. The van der Waals surface area contributed by atoms with Crippen molar-refractivity contribution in [3.63, 3.8) is 0 Å². The largest absolute Gasteiger partial charge is 0.481 e. The maximum absolute atomic E-state index is 10.7.